The summed E-state index contributed by atoms with van der Waals surface area (Å²) in [5, 5.41) is 4.63. The molecule has 6 heteroatoms. The predicted octanol–water partition coefficient (Wildman–Crippen LogP) is 2.32. The maximum absolute atomic E-state index is 12.9. The third-order valence-electron chi connectivity index (χ3n) is 4.77. The van der Waals surface area contributed by atoms with Gasteiger partial charge < -0.3 is 9.31 Å². The van der Waals surface area contributed by atoms with Crippen molar-refractivity contribution < 1.29 is 18.7 Å². The van der Waals surface area contributed by atoms with E-state index in [2.05, 4.69) is 5.10 Å². The number of fused-ring (bicyclic) bond motifs is 2. The van der Waals surface area contributed by atoms with Crippen molar-refractivity contribution >= 4 is 30.0 Å². The first kappa shape index (κ1) is 15.6. The average Bonchev–Trinajstić information content (AvgIpc) is 2.73. The second kappa shape index (κ2) is 5.95. The molecule has 1 atom stereocenters. The van der Waals surface area contributed by atoms with Crippen molar-refractivity contribution in [3.63, 3.8) is 0 Å². The zero-order valence-corrected chi connectivity index (χ0v) is 14.4. The van der Waals surface area contributed by atoms with Crippen LogP contribution in [0.15, 0.2) is 90.0 Å². The van der Waals surface area contributed by atoms with Gasteiger partial charge in [-0.2, -0.15) is 0 Å². The Morgan fingerprint density at radius 3 is 2.22 bits per heavy atom. The molecule has 0 aromatic heterocycles. The molecule has 0 fully saturated rings. The summed E-state index contributed by atoms with van der Waals surface area (Å²) in [6.07, 6.45) is 1.86. The molecule has 0 saturated carbocycles. The fourth-order valence-corrected chi connectivity index (χ4v) is 3.46. The van der Waals surface area contributed by atoms with Crippen LogP contribution in [0, 0.1) is 0 Å². The van der Waals surface area contributed by atoms with E-state index in [0.29, 0.717) is 11.3 Å². The lowest BCUT2D eigenvalue weighted by Crippen LogP contribution is -2.69. The molecule has 0 bridgehead atoms. The molecule has 3 aromatic rings. The van der Waals surface area contributed by atoms with E-state index in [1.54, 1.807) is 4.60 Å². The van der Waals surface area contributed by atoms with Crippen LogP contribution in [-0.2, 0) is 9.45 Å². The van der Waals surface area contributed by atoms with Crippen molar-refractivity contribution in [2.75, 3.05) is 0 Å². The lowest BCUT2D eigenvalue weighted by molar-refractivity contribution is -0.431. The van der Waals surface area contributed by atoms with Gasteiger partial charge in [-0.05, 0) is 22.7 Å². The maximum Gasteiger partial charge on any atom is 0.710 e. The second-order valence-corrected chi connectivity index (χ2v) is 6.47. The molecule has 5 rings (SSSR count). The molecule has 2 heterocycles. The number of hydrazone groups is 1. The quantitative estimate of drug-likeness (QED) is 0.664. The minimum Gasteiger partial charge on any atom is -0.617 e. The number of carbonyl (C=O) groups is 1. The molecule has 0 N–H and O–H groups in total. The van der Waals surface area contributed by atoms with Crippen LogP contribution < -0.4 is 10.1 Å². The van der Waals surface area contributed by atoms with Gasteiger partial charge in [0.1, 0.15) is 0 Å². The SMILES string of the molecule is O=C1O[B-]2(c3ccccc3)Oc3ccccc3C=[N+]2N=C1c1ccccc1. The van der Waals surface area contributed by atoms with E-state index in [1.807, 2.05) is 91.1 Å². The van der Waals surface area contributed by atoms with Gasteiger partial charge in [0.05, 0.1) is 11.3 Å². The predicted molar refractivity (Wildman–Crippen MR) is 103 cm³/mol. The molecule has 0 aliphatic carbocycles. The van der Waals surface area contributed by atoms with Gasteiger partial charge >= 0.3 is 12.7 Å². The second-order valence-electron chi connectivity index (χ2n) is 6.47. The first-order chi connectivity index (χ1) is 13.3. The van der Waals surface area contributed by atoms with E-state index in [1.165, 1.54) is 0 Å². The highest BCUT2D eigenvalue weighted by Crippen LogP contribution is 2.28. The van der Waals surface area contributed by atoms with E-state index in [-0.39, 0.29) is 5.71 Å². The van der Waals surface area contributed by atoms with Gasteiger partial charge in [-0.3, -0.25) is 0 Å². The Bertz CT molecular complexity index is 1100. The van der Waals surface area contributed by atoms with Crippen LogP contribution in [0.2, 0.25) is 0 Å². The van der Waals surface area contributed by atoms with Gasteiger partial charge in [-0.1, -0.05) is 72.8 Å². The van der Waals surface area contributed by atoms with Gasteiger partial charge in [-0.15, -0.1) is 0 Å². The van der Waals surface area contributed by atoms with Crippen molar-refractivity contribution in [2.45, 2.75) is 0 Å². The molecular weight excluding hydrogens is 339 g/mol. The van der Waals surface area contributed by atoms with Gasteiger partial charge in [0.25, 0.3) is 0 Å². The van der Waals surface area contributed by atoms with Crippen LogP contribution in [0.1, 0.15) is 11.1 Å². The summed E-state index contributed by atoms with van der Waals surface area (Å²) in [5.74, 6) is 0.151. The topological polar surface area (TPSA) is 50.9 Å². The number of rotatable bonds is 2. The number of hydrogen-bond acceptors (Lipinski definition) is 4. The summed E-state index contributed by atoms with van der Waals surface area (Å²) >= 11 is 0. The molecular formula is C21H15BN2O3. The molecule has 5 nitrogen and oxygen atoms in total. The number of para-hydroxylation sites is 1. The molecule has 2 aliphatic rings. The van der Waals surface area contributed by atoms with Crippen LogP contribution in [-0.4, -0.2) is 29.2 Å². The first-order valence-corrected chi connectivity index (χ1v) is 8.75. The molecule has 3 aromatic carbocycles. The van der Waals surface area contributed by atoms with E-state index >= 15 is 0 Å². The Hall–Kier alpha value is -3.67. The van der Waals surface area contributed by atoms with E-state index in [4.69, 9.17) is 9.31 Å². The fourth-order valence-electron chi connectivity index (χ4n) is 3.46. The van der Waals surface area contributed by atoms with Crippen molar-refractivity contribution in [1.29, 1.82) is 0 Å². The monoisotopic (exact) mass is 354 g/mol. The minimum absolute atomic E-state index is 0.253. The number of carbonyl (C=O) groups excluding carboxylic acids is 1. The maximum atomic E-state index is 12.9. The molecule has 27 heavy (non-hydrogen) atoms. The van der Waals surface area contributed by atoms with Crippen LogP contribution in [0.4, 0.5) is 0 Å². The Kier molecular flexibility index (Phi) is 3.43. The first-order valence-electron chi connectivity index (χ1n) is 8.75. The lowest BCUT2D eigenvalue weighted by Gasteiger charge is -2.39. The summed E-state index contributed by atoms with van der Waals surface area (Å²) < 4.78 is 13.9. The molecule has 0 radical (unpaired) electrons. The fraction of sp³-hybridized carbons (Fsp3) is 0. The van der Waals surface area contributed by atoms with Gasteiger partial charge in [0.15, 0.2) is 6.21 Å². The Morgan fingerprint density at radius 1 is 0.778 bits per heavy atom. The normalized spacial score (nSPS) is 20.4. The van der Waals surface area contributed by atoms with Crippen LogP contribution in [0.5, 0.6) is 5.75 Å². The summed E-state index contributed by atoms with van der Waals surface area (Å²) in [5.41, 5.74) is 2.57. The number of hydrogen-bond donors (Lipinski definition) is 0. The largest absolute Gasteiger partial charge is 0.710 e. The Morgan fingerprint density at radius 2 is 1.44 bits per heavy atom. The minimum atomic E-state index is -2.30. The van der Waals surface area contributed by atoms with Crippen molar-refractivity contribution in [3.8, 4) is 5.75 Å². The summed E-state index contributed by atoms with van der Waals surface area (Å²) in [4.78, 5) is 12.9. The van der Waals surface area contributed by atoms with Gasteiger partial charge in [0, 0.05) is 5.56 Å². The molecule has 0 amide bonds. The highest BCUT2D eigenvalue weighted by molar-refractivity contribution is 6.78. The summed E-state index contributed by atoms with van der Waals surface area (Å²) in [6.45, 7) is -2.30. The Labute approximate surface area is 156 Å². The third-order valence-corrected chi connectivity index (χ3v) is 4.77. The summed E-state index contributed by atoms with van der Waals surface area (Å²) in [7, 11) is 0. The average molecular weight is 354 g/mol. The Balaban J connectivity index is 1.74. The standard InChI is InChI=1S/C21H15BN2O3/c25-21-20(16-9-3-1-4-10-16)23-24-15-17-11-7-8-14-19(17)26-22(24,27-21)18-12-5-2-6-13-18/h1-15H. The number of benzene rings is 3. The molecule has 2 aliphatic heterocycles. The molecule has 1 unspecified atom stereocenters. The zero-order valence-electron chi connectivity index (χ0n) is 14.4. The van der Waals surface area contributed by atoms with E-state index < -0.39 is 12.7 Å². The van der Waals surface area contributed by atoms with Crippen LogP contribution >= 0.6 is 0 Å². The van der Waals surface area contributed by atoms with Crippen molar-refractivity contribution in [3.05, 3.63) is 96.1 Å². The lowest BCUT2D eigenvalue weighted by atomic mass is 9.62. The van der Waals surface area contributed by atoms with Crippen LogP contribution in [0.25, 0.3) is 0 Å². The third kappa shape index (κ3) is 2.46. The van der Waals surface area contributed by atoms with E-state index in [0.717, 1.165) is 11.0 Å². The van der Waals surface area contributed by atoms with Crippen molar-refractivity contribution in [1.82, 2.24) is 0 Å². The molecule has 0 spiro atoms. The number of nitrogens with zero attached hydrogens (tertiary/aromatic N) is 2. The highest BCUT2D eigenvalue weighted by atomic mass is 16.7. The van der Waals surface area contributed by atoms with Gasteiger partial charge in [0.2, 0.25) is 5.71 Å². The van der Waals surface area contributed by atoms with E-state index in [9.17, 15) is 4.79 Å². The molecule has 0 saturated heterocycles. The smallest absolute Gasteiger partial charge is 0.617 e. The van der Waals surface area contributed by atoms with Crippen molar-refractivity contribution in [2.24, 2.45) is 5.10 Å². The highest BCUT2D eigenvalue weighted by Gasteiger charge is 2.57. The van der Waals surface area contributed by atoms with Gasteiger partial charge in [-0.25, -0.2) is 9.39 Å². The molecule has 130 valence electrons. The zero-order chi connectivity index (χ0) is 18.3. The van der Waals surface area contributed by atoms with Crippen LogP contribution in [0.3, 0.4) is 0 Å². The summed E-state index contributed by atoms with van der Waals surface area (Å²) in [6, 6.07) is 26.3.